The Balaban J connectivity index is 2.53. The molecular formula is C11H8Cl2NO3-. The molecule has 0 aliphatic heterocycles. The summed E-state index contributed by atoms with van der Waals surface area (Å²) >= 11 is 11.5. The highest BCUT2D eigenvalue weighted by Crippen LogP contribution is 2.22. The number of rotatable bonds is 4. The quantitative estimate of drug-likeness (QED) is 0.829. The molecule has 4 nitrogen and oxygen atoms in total. The molecular weight excluding hydrogens is 265 g/mol. The Kier molecular flexibility index (Phi) is 5.00. The van der Waals surface area contributed by atoms with Crippen molar-refractivity contribution in [1.82, 2.24) is 5.32 Å². The van der Waals surface area contributed by atoms with Gasteiger partial charge in [-0.25, -0.2) is 0 Å². The van der Waals surface area contributed by atoms with Crippen LogP contribution in [-0.2, 0) is 16.1 Å². The second kappa shape index (κ2) is 6.27. The third-order valence-corrected chi connectivity index (χ3v) is 2.56. The number of hydrogen-bond acceptors (Lipinski definition) is 3. The molecule has 0 atom stereocenters. The maximum Gasteiger partial charge on any atom is 0.244 e. The molecule has 0 aliphatic carbocycles. The summed E-state index contributed by atoms with van der Waals surface area (Å²) < 4.78 is 0. The number of carboxylic acids is 1. The van der Waals surface area contributed by atoms with E-state index in [-0.39, 0.29) is 6.54 Å². The first-order chi connectivity index (χ1) is 7.99. The van der Waals surface area contributed by atoms with Gasteiger partial charge >= 0.3 is 0 Å². The molecule has 0 aromatic heterocycles. The van der Waals surface area contributed by atoms with Crippen LogP contribution in [0.2, 0.25) is 10.0 Å². The van der Waals surface area contributed by atoms with E-state index in [1.54, 1.807) is 18.2 Å². The van der Waals surface area contributed by atoms with Crippen LogP contribution in [0.25, 0.3) is 0 Å². The molecule has 90 valence electrons. The topological polar surface area (TPSA) is 69.2 Å². The fourth-order valence-corrected chi connectivity index (χ4v) is 1.36. The number of carbonyl (C=O) groups excluding carboxylic acids is 2. The average Bonchev–Trinajstić information content (AvgIpc) is 2.28. The molecule has 0 aliphatic rings. The second-order valence-electron chi connectivity index (χ2n) is 3.12. The number of aliphatic carboxylic acids is 1. The van der Waals surface area contributed by atoms with Crippen LogP contribution in [0.5, 0.6) is 0 Å². The largest absolute Gasteiger partial charge is 0.545 e. The third-order valence-electron chi connectivity index (χ3n) is 1.82. The van der Waals surface area contributed by atoms with Crippen molar-refractivity contribution in [3.05, 3.63) is 46.0 Å². The Morgan fingerprint density at radius 2 is 1.94 bits per heavy atom. The van der Waals surface area contributed by atoms with E-state index in [4.69, 9.17) is 23.2 Å². The van der Waals surface area contributed by atoms with Crippen LogP contribution in [0.3, 0.4) is 0 Å². The lowest BCUT2D eigenvalue weighted by atomic mass is 10.2. The summed E-state index contributed by atoms with van der Waals surface area (Å²) in [5.74, 6) is -1.95. The second-order valence-corrected chi connectivity index (χ2v) is 3.93. The molecule has 0 unspecified atom stereocenters. The predicted octanol–water partition coefficient (Wildman–Crippen LogP) is 0.916. The van der Waals surface area contributed by atoms with E-state index in [1.165, 1.54) is 0 Å². The Bertz CT molecular complexity index is 472. The average molecular weight is 273 g/mol. The first-order valence-corrected chi connectivity index (χ1v) is 5.35. The van der Waals surface area contributed by atoms with Gasteiger partial charge in [-0.15, -0.1) is 0 Å². The van der Waals surface area contributed by atoms with E-state index in [0.29, 0.717) is 16.1 Å². The summed E-state index contributed by atoms with van der Waals surface area (Å²) in [6, 6.07) is 4.94. The number of amides is 1. The number of carboxylic acid groups (broad SMARTS) is 1. The first kappa shape index (κ1) is 13.5. The molecule has 1 rings (SSSR count). The van der Waals surface area contributed by atoms with E-state index in [2.05, 4.69) is 5.32 Å². The maximum atomic E-state index is 11.1. The highest BCUT2D eigenvalue weighted by atomic mass is 35.5. The van der Waals surface area contributed by atoms with Gasteiger partial charge in [0.2, 0.25) is 5.91 Å². The van der Waals surface area contributed by atoms with Crippen molar-refractivity contribution >= 4 is 35.1 Å². The van der Waals surface area contributed by atoms with Gasteiger partial charge < -0.3 is 15.2 Å². The Morgan fingerprint density at radius 3 is 2.53 bits per heavy atom. The van der Waals surface area contributed by atoms with Crippen molar-refractivity contribution in [3.63, 3.8) is 0 Å². The highest BCUT2D eigenvalue weighted by molar-refractivity contribution is 6.42. The zero-order valence-corrected chi connectivity index (χ0v) is 10.1. The van der Waals surface area contributed by atoms with Crippen LogP contribution in [0, 0.1) is 0 Å². The third kappa shape index (κ3) is 4.89. The van der Waals surface area contributed by atoms with Crippen molar-refractivity contribution in [2.75, 3.05) is 0 Å². The minimum atomic E-state index is -1.42. The number of nitrogens with one attached hydrogen (secondary N) is 1. The number of halogens is 2. The van der Waals surface area contributed by atoms with Crippen LogP contribution in [0.1, 0.15) is 5.56 Å². The SMILES string of the molecule is O=C([O-])C=CC(=O)NCc1ccc(Cl)c(Cl)c1. The Labute approximate surface area is 108 Å². The van der Waals surface area contributed by atoms with E-state index in [1.807, 2.05) is 0 Å². The molecule has 0 bridgehead atoms. The van der Waals surface area contributed by atoms with E-state index in [9.17, 15) is 14.7 Å². The van der Waals surface area contributed by atoms with Crippen LogP contribution >= 0.6 is 23.2 Å². The monoisotopic (exact) mass is 272 g/mol. The summed E-state index contributed by atoms with van der Waals surface area (Å²) in [6.45, 7) is 0.229. The van der Waals surface area contributed by atoms with Gasteiger partial charge in [-0.05, 0) is 23.8 Å². The lowest BCUT2D eigenvalue weighted by Gasteiger charge is -2.04. The smallest absolute Gasteiger partial charge is 0.244 e. The van der Waals surface area contributed by atoms with Gasteiger partial charge in [0, 0.05) is 12.6 Å². The van der Waals surface area contributed by atoms with Crippen LogP contribution in [0.15, 0.2) is 30.4 Å². The molecule has 0 fully saturated rings. The van der Waals surface area contributed by atoms with Crippen molar-refractivity contribution in [2.24, 2.45) is 0 Å². The van der Waals surface area contributed by atoms with Crippen molar-refractivity contribution in [3.8, 4) is 0 Å². The van der Waals surface area contributed by atoms with Gasteiger partial charge in [0.15, 0.2) is 0 Å². The standard InChI is InChI=1S/C11H9Cl2NO3/c12-8-2-1-7(5-9(8)13)6-14-10(15)3-4-11(16)17/h1-5H,6H2,(H,14,15)(H,16,17)/p-1. The molecule has 0 radical (unpaired) electrons. The predicted molar refractivity (Wildman–Crippen MR) is 62.5 cm³/mol. The molecule has 1 aromatic carbocycles. The van der Waals surface area contributed by atoms with Crippen molar-refractivity contribution in [2.45, 2.75) is 6.54 Å². The van der Waals surface area contributed by atoms with Gasteiger partial charge in [0.25, 0.3) is 0 Å². The van der Waals surface area contributed by atoms with Gasteiger partial charge in [-0.2, -0.15) is 0 Å². The number of benzene rings is 1. The maximum absolute atomic E-state index is 11.1. The van der Waals surface area contributed by atoms with Crippen molar-refractivity contribution < 1.29 is 14.7 Å². The Hall–Kier alpha value is -1.52. The molecule has 0 saturated heterocycles. The van der Waals surface area contributed by atoms with Crippen LogP contribution < -0.4 is 10.4 Å². The lowest BCUT2D eigenvalue weighted by Crippen LogP contribution is -2.23. The minimum Gasteiger partial charge on any atom is -0.545 e. The van der Waals surface area contributed by atoms with Gasteiger partial charge in [-0.1, -0.05) is 29.3 Å². The molecule has 1 amide bonds. The van der Waals surface area contributed by atoms with Gasteiger partial charge in [0.05, 0.1) is 16.0 Å². The van der Waals surface area contributed by atoms with Crippen LogP contribution in [0.4, 0.5) is 0 Å². The summed E-state index contributed by atoms with van der Waals surface area (Å²) in [4.78, 5) is 21.2. The molecule has 1 N–H and O–H groups in total. The number of hydrogen-bond donors (Lipinski definition) is 1. The first-order valence-electron chi connectivity index (χ1n) is 4.60. The summed E-state index contributed by atoms with van der Waals surface area (Å²) in [7, 11) is 0. The molecule has 1 aromatic rings. The van der Waals surface area contributed by atoms with Crippen LogP contribution in [-0.4, -0.2) is 11.9 Å². The summed E-state index contributed by atoms with van der Waals surface area (Å²) in [6.07, 6.45) is 1.54. The molecule has 17 heavy (non-hydrogen) atoms. The van der Waals surface area contributed by atoms with E-state index < -0.39 is 11.9 Å². The van der Waals surface area contributed by atoms with E-state index >= 15 is 0 Å². The summed E-state index contributed by atoms with van der Waals surface area (Å²) in [5, 5.41) is 13.4. The highest BCUT2D eigenvalue weighted by Gasteiger charge is 2.00. The molecule has 0 spiro atoms. The molecule has 6 heteroatoms. The van der Waals surface area contributed by atoms with Gasteiger partial charge in [0.1, 0.15) is 0 Å². The van der Waals surface area contributed by atoms with Gasteiger partial charge in [-0.3, -0.25) is 4.79 Å². The Morgan fingerprint density at radius 1 is 1.24 bits per heavy atom. The minimum absolute atomic E-state index is 0.229. The normalized spacial score (nSPS) is 10.5. The number of carbonyl (C=O) groups is 2. The lowest BCUT2D eigenvalue weighted by molar-refractivity contribution is -0.297. The van der Waals surface area contributed by atoms with Crippen molar-refractivity contribution in [1.29, 1.82) is 0 Å². The summed E-state index contributed by atoms with van der Waals surface area (Å²) in [5.41, 5.74) is 0.759. The molecule has 0 heterocycles. The fraction of sp³-hybridized carbons (Fsp3) is 0.0909. The fourth-order valence-electron chi connectivity index (χ4n) is 1.04. The van der Waals surface area contributed by atoms with E-state index in [0.717, 1.165) is 11.6 Å². The molecule has 0 saturated carbocycles. The zero-order valence-electron chi connectivity index (χ0n) is 8.57. The zero-order chi connectivity index (χ0) is 12.8.